The number of nitrogens with zero attached hydrogens (tertiary/aromatic N) is 1. The highest BCUT2D eigenvalue weighted by Crippen LogP contribution is 2.33. The summed E-state index contributed by atoms with van der Waals surface area (Å²) in [7, 11) is 1.92. The van der Waals surface area contributed by atoms with Gasteiger partial charge in [-0.15, -0.1) is 0 Å². The summed E-state index contributed by atoms with van der Waals surface area (Å²) < 4.78 is 42.6. The van der Waals surface area contributed by atoms with Gasteiger partial charge in [0.25, 0.3) is 0 Å². The maximum atomic E-state index is 8.84. The fraction of sp³-hybridized carbons (Fsp3) is 0.522. The molecule has 0 bridgehead atoms. The Kier molecular flexibility index (Phi) is 3.36. The van der Waals surface area contributed by atoms with Gasteiger partial charge in [-0.2, -0.15) is 0 Å². The summed E-state index contributed by atoms with van der Waals surface area (Å²) in [4.78, 5) is 0. The van der Waals surface area contributed by atoms with Gasteiger partial charge in [-0.25, -0.2) is 4.57 Å². The molecule has 0 saturated heterocycles. The van der Waals surface area contributed by atoms with Crippen LogP contribution in [0.1, 0.15) is 70.7 Å². The first kappa shape index (κ1) is 12.7. The number of aromatic nitrogens is 1. The van der Waals surface area contributed by atoms with Crippen molar-refractivity contribution in [2.24, 2.45) is 12.5 Å². The average molecular weight is 330 g/mol. The van der Waals surface area contributed by atoms with Gasteiger partial charge >= 0.3 is 0 Å². The molecule has 1 nitrogen and oxygen atoms in total. The second-order valence-corrected chi connectivity index (χ2v) is 8.75. The maximum Gasteiger partial charge on any atom is 0.212 e. The predicted molar refractivity (Wildman–Crippen MR) is 104 cm³/mol. The second kappa shape index (κ2) is 6.35. The topological polar surface area (TPSA) is 3.88 Å². The zero-order chi connectivity index (χ0) is 22.6. The van der Waals surface area contributed by atoms with Gasteiger partial charge in [-0.1, -0.05) is 59.2 Å². The lowest BCUT2D eigenvalue weighted by Crippen LogP contribution is -2.34. The van der Waals surface area contributed by atoms with Crippen LogP contribution in [-0.4, -0.2) is 0 Å². The molecule has 1 aromatic carbocycles. The third-order valence-corrected chi connectivity index (χ3v) is 4.09. The van der Waals surface area contributed by atoms with E-state index in [1.165, 1.54) is 0 Å². The third kappa shape index (κ3) is 4.26. The molecule has 24 heavy (non-hydrogen) atoms. The van der Waals surface area contributed by atoms with E-state index in [2.05, 4.69) is 26.8 Å². The van der Waals surface area contributed by atoms with Crippen molar-refractivity contribution in [1.82, 2.24) is 0 Å². The Morgan fingerprint density at radius 2 is 1.75 bits per heavy atom. The smallest absolute Gasteiger partial charge is 0.201 e. The molecule has 2 aromatic rings. The molecule has 0 fully saturated rings. The normalized spacial score (nSPS) is 16.8. The lowest BCUT2D eigenvalue weighted by Gasteiger charge is -2.26. The molecule has 2 rings (SSSR count). The van der Waals surface area contributed by atoms with E-state index in [-0.39, 0.29) is 5.41 Å². The van der Waals surface area contributed by atoms with E-state index in [4.69, 9.17) is 6.85 Å². The van der Waals surface area contributed by atoms with E-state index in [9.17, 15) is 0 Å². The van der Waals surface area contributed by atoms with Crippen molar-refractivity contribution < 1.29 is 11.4 Å². The first-order valence-electron chi connectivity index (χ1n) is 11.0. The van der Waals surface area contributed by atoms with Crippen molar-refractivity contribution in [3.05, 3.63) is 52.7 Å². The number of benzene rings is 1. The summed E-state index contributed by atoms with van der Waals surface area (Å²) >= 11 is 0. The van der Waals surface area contributed by atoms with Crippen molar-refractivity contribution in [3.63, 3.8) is 0 Å². The zero-order valence-corrected chi connectivity index (χ0v) is 16.3. The molecule has 1 aromatic heterocycles. The Labute approximate surface area is 155 Å². The summed E-state index contributed by atoms with van der Waals surface area (Å²) in [5, 5.41) is 0. The highest BCUT2D eigenvalue weighted by Gasteiger charge is 2.26. The second-order valence-electron chi connectivity index (χ2n) is 8.75. The van der Waals surface area contributed by atoms with E-state index in [1.54, 1.807) is 12.1 Å². The summed E-state index contributed by atoms with van der Waals surface area (Å²) in [6, 6.07) is 7.31. The van der Waals surface area contributed by atoms with E-state index in [1.807, 2.05) is 51.6 Å². The monoisotopic (exact) mass is 329 g/mol. The minimum atomic E-state index is -2.13. The van der Waals surface area contributed by atoms with Gasteiger partial charge in [0.15, 0.2) is 6.20 Å². The molecule has 0 unspecified atom stereocenters. The molecular formula is C23H34N+. The molecule has 0 aliphatic carbocycles. The minimum absolute atomic E-state index is 0.247. The van der Waals surface area contributed by atoms with Crippen LogP contribution in [0.3, 0.4) is 0 Å². The van der Waals surface area contributed by atoms with E-state index in [0.717, 1.165) is 22.4 Å². The van der Waals surface area contributed by atoms with E-state index in [0.29, 0.717) is 11.1 Å². The molecule has 1 heteroatoms. The van der Waals surface area contributed by atoms with Crippen molar-refractivity contribution in [3.8, 4) is 11.3 Å². The van der Waals surface area contributed by atoms with Gasteiger partial charge in [0.05, 0.1) is 0 Å². The average Bonchev–Trinajstić information content (AvgIpc) is 2.51. The lowest BCUT2D eigenvalue weighted by molar-refractivity contribution is -0.661. The summed E-state index contributed by atoms with van der Waals surface area (Å²) in [6.07, 6.45) is 0.393. The summed E-state index contributed by atoms with van der Waals surface area (Å²) in [5.74, 6) is 0. The molecule has 130 valence electrons. The van der Waals surface area contributed by atoms with Gasteiger partial charge in [-0.3, -0.25) is 0 Å². The van der Waals surface area contributed by atoms with Crippen LogP contribution in [0.5, 0.6) is 0 Å². The van der Waals surface area contributed by atoms with Gasteiger partial charge in [0, 0.05) is 24.0 Å². The predicted octanol–water partition coefficient (Wildman–Crippen LogP) is 5.68. The van der Waals surface area contributed by atoms with Crippen LogP contribution in [0, 0.1) is 19.2 Å². The van der Waals surface area contributed by atoms with E-state index < -0.39 is 18.6 Å². The molecule has 0 N–H and O–H groups in total. The number of hydrogen-bond donors (Lipinski definition) is 0. The maximum absolute atomic E-state index is 8.84. The Morgan fingerprint density at radius 1 is 1.08 bits per heavy atom. The van der Waals surface area contributed by atoms with Crippen LogP contribution in [0.4, 0.5) is 0 Å². The van der Waals surface area contributed by atoms with E-state index >= 15 is 0 Å². The molecule has 0 atom stereocenters. The fourth-order valence-corrected chi connectivity index (χ4v) is 2.99. The first-order chi connectivity index (χ1) is 12.9. The molecular weight excluding hydrogens is 290 g/mol. The largest absolute Gasteiger partial charge is 0.212 e. The molecule has 0 aliphatic rings. The van der Waals surface area contributed by atoms with Crippen molar-refractivity contribution in [2.45, 2.75) is 67.1 Å². The number of pyridine rings is 1. The number of hydrogen-bond acceptors (Lipinski definition) is 0. The Bertz CT molecular complexity index is 913. The highest BCUT2D eigenvalue weighted by atomic mass is 14.9. The Morgan fingerprint density at radius 3 is 2.25 bits per heavy atom. The molecule has 0 radical (unpaired) electrons. The van der Waals surface area contributed by atoms with Crippen LogP contribution >= 0.6 is 0 Å². The number of aryl methyl sites for hydroxylation is 3. The van der Waals surface area contributed by atoms with Crippen molar-refractivity contribution in [2.75, 3.05) is 0 Å². The van der Waals surface area contributed by atoms with Crippen molar-refractivity contribution >= 4 is 0 Å². The standard InChI is InChI=1S/C23H34N/c1-16-10-11-19(17(2)12-16)21-13-20(23(6,7)8)18(15-24(21)9)14-22(3,4)5/h10-13,15H,14H2,1-9H3/q+1/i1D3,14D2. The van der Waals surface area contributed by atoms with Gasteiger partial charge in [-0.05, 0) is 48.2 Å². The van der Waals surface area contributed by atoms with Crippen LogP contribution in [0.15, 0.2) is 30.5 Å². The molecule has 1 heterocycles. The van der Waals surface area contributed by atoms with Crippen molar-refractivity contribution in [1.29, 1.82) is 0 Å². The highest BCUT2D eigenvalue weighted by molar-refractivity contribution is 5.63. The fourth-order valence-electron chi connectivity index (χ4n) is 2.99. The number of rotatable bonds is 2. The lowest BCUT2D eigenvalue weighted by atomic mass is 9.78. The minimum Gasteiger partial charge on any atom is -0.201 e. The van der Waals surface area contributed by atoms with Gasteiger partial charge < -0.3 is 0 Å². The Balaban J connectivity index is 2.78. The van der Waals surface area contributed by atoms with Crippen LogP contribution in [0.25, 0.3) is 11.3 Å². The van der Waals surface area contributed by atoms with Gasteiger partial charge in [0.2, 0.25) is 5.69 Å². The molecule has 0 spiro atoms. The molecule has 0 saturated carbocycles. The van der Waals surface area contributed by atoms with Crippen LogP contribution in [0.2, 0.25) is 0 Å². The third-order valence-electron chi connectivity index (χ3n) is 4.09. The molecule has 0 amide bonds. The summed E-state index contributed by atoms with van der Waals surface area (Å²) in [6.45, 7) is 11.8. The quantitative estimate of drug-likeness (QED) is 0.624. The Hall–Kier alpha value is -1.63. The SMILES string of the molecule is [2H]C([2H])([2H])c1ccc(-c2cc(C(C)(C)C)c(C([2H])([2H])C(C)(C)C)c[n+]2C)c(C)c1. The van der Waals surface area contributed by atoms with Crippen LogP contribution < -0.4 is 4.57 Å². The van der Waals surface area contributed by atoms with Gasteiger partial charge in [0.1, 0.15) is 7.05 Å². The molecule has 0 aliphatic heterocycles. The summed E-state index contributed by atoms with van der Waals surface area (Å²) in [5.41, 5.74) is 3.97. The van der Waals surface area contributed by atoms with Crippen LogP contribution in [-0.2, 0) is 18.8 Å². The zero-order valence-electron chi connectivity index (χ0n) is 21.3. The first-order valence-corrected chi connectivity index (χ1v) is 8.53.